The van der Waals surface area contributed by atoms with Crippen LogP contribution in [0.15, 0.2) is 48.5 Å². The second kappa shape index (κ2) is 6.73. The van der Waals surface area contributed by atoms with Gasteiger partial charge in [0.05, 0.1) is 13.2 Å². The number of rotatable bonds is 7. The van der Waals surface area contributed by atoms with Crippen molar-refractivity contribution in [3.05, 3.63) is 48.5 Å². The fourth-order valence-corrected chi connectivity index (χ4v) is 3.27. The molecular formula is C20H25NO2. The normalized spacial score (nSPS) is 12.3. The molecule has 0 saturated heterocycles. The Morgan fingerprint density at radius 1 is 0.826 bits per heavy atom. The third-order valence-corrected chi connectivity index (χ3v) is 4.86. The summed E-state index contributed by atoms with van der Waals surface area (Å²) >= 11 is 0. The van der Waals surface area contributed by atoms with Gasteiger partial charge in [0.15, 0.2) is 0 Å². The van der Waals surface area contributed by atoms with E-state index in [2.05, 4.69) is 53.1 Å². The highest BCUT2D eigenvalue weighted by atomic mass is 16.3. The van der Waals surface area contributed by atoms with Gasteiger partial charge in [0.1, 0.15) is 0 Å². The van der Waals surface area contributed by atoms with Crippen LogP contribution in [-0.2, 0) is 6.54 Å². The third kappa shape index (κ3) is 3.12. The van der Waals surface area contributed by atoms with Crippen LogP contribution in [0.5, 0.6) is 0 Å². The second-order valence-electron chi connectivity index (χ2n) is 6.77. The first kappa shape index (κ1) is 16.0. The monoisotopic (exact) mass is 311 g/mol. The van der Waals surface area contributed by atoms with E-state index >= 15 is 0 Å². The van der Waals surface area contributed by atoms with Crippen LogP contribution < -0.4 is 0 Å². The summed E-state index contributed by atoms with van der Waals surface area (Å²) in [7, 11) is 0. The fraction of sp³-hybridized carbons (Fsp3) is 0.400. The summed E-state index contributed by atoms with van der Waals surface area (Å²) in [5.41, 5.74) is 2.20. The van der Waals surface area contributed by atoms with E-state index in [-0.39, 0.29) is 18.6 Å². The SMILES string of the molecule is CC(CO)(CO)CCCCn1c2ccccc2c2ccccc21. The Labute approximate surface area is 137 Å². The van der Waals surface area contributed by atoms with E-state index in [4.69, 9.17) is 0 Å². The van der Waals surface area contributed by atoms with E-state index in [9.17, 15) is 10.2 Å². The van der Waals surface area contributed by atoms with Gasteiger partial charge in [-0.1, -0.05) is 49.7 Å². The summed E-state index contributed by atoms with van der Waals surface area (Å²) in [5.74, 6) is 0. The Bertz CT molecular complexity index is 733. The first-order chi connectivity index (χ1) is 11.2. The number of aliphatic hydroxyl groups excluding tert-OH is 2. The van der Waals surface area contributed by atoms with Crippen molar-refractivity contribution in [1.29, 1.82) is 0 Å². The van der Waals surface area contributed by atoms with Crippen LogP contribution in [0.4, 0.5) is 0 Å². The summed E-state index contributed by atoms with van der Waals surface area (Å²) in [6, 6.07) is 17.1. The van der Waals surface area contributed by atoms with Gasteiger partial charge in [-0.05, 0) is 25.0 Å². The van der Waals surface area contributed by atoms with Crippen molar-refractivity contribution >= 4 is 21.8 Å². The molecule has 2 aromatic carbocycles. The first-order valence-corrected chi connectivity index (χ1v) is 8.36. The lowest BCUT2D eigenvalue weighted by Gasteiger charge is -2.24. The van der Waals surface area contributed by atoms with Crippen molar-refractivity contribution in [2.45, 2.75) is 32.7 Å². The number of aryl methyl sites for hydroxylation is 1. The molecule has 0 unspecified atom stereocenters. The van der Waals surface area contributed by atoms with Gasteiger partial charge in [0.2, 0.25) is 0 Å². The molecule has 3 heteroatoms. The van der Waals surface area contributed by atoms with E-state index in [1.54, 1.807) is 0 Å². The first-order valence-electron chi connectivity index (χ1n) is 8.36. The molecule has 0 radical (unpaired) electrons. The number of para-hydroxylation sites is 2. The third-order valence-electron chi connectivity index (χ3n) is 4.86. The molecule has 0 atom stereocenters. The Morgan fingerprint density at radius 2 is 1.35 bits per heavy atom. The Kier molecular flexibility index (Phi) is 4.69. The number of hydrogen-bond acceptors (Lipinski definition) is 2. The van der Waals surface area contributed by atoms with Crippen LogP contribution in [0.25, 0.3) is 21.8 Å². The largest absolute Gasteiger partial charge is 0.396 e. The molecule has 0 amide bonds. The highest BCUT2D eigenvalue weighted by Crippen LogP contribution is 2.29. The smallest absolute Gasteiger partial charge is 0.0506 e. The van der Waals surface area contributed by atoms with Crippen molar-refractivity contribution in [3.63, 3.8) is 0 Å². The number of aromatic nitrogens is 1. The zero-order valence-corrected chi connectivity index (χ0v) is 13.7. The molecule has 3 nitrogen and oxygen atoms in total. The Hall–Kier alpha value is -1.84. The van der Waals surface area contributed by atoms with Gasteiger partial charge < -0.3 is 14.8 Å². The molecule has 23 heavy (non-hydrogen) atoms. The van der Waals surface area contributed by atoms with Crippen LogP contribution in [-0.4, -0.2) is 28.0 Å². The minimum Gasteiger partial charge on any atom is -0.396 e. The molecule has 3 rings (SSSR count). The Morgan fingerprint density at radius 3 is 1.87 bits per heavy atom. The lowest BCUT2D eigenvalue weighted by atomic mass is 9.87. The van der Waals surface area contributed by atoms with Crippen LogP contribution in [0.2, 0.25) is 0 Å². The summed E-state index contributed by atoms with van der Waals surface area (Å²) in [5, 5.41) is 21.4. The average Bonchev–Trinajstić information content (AvgIpc) is 2.93. The zero-order valence-electron chi connectivity index (χ0n) is 13.7. The number of fused-ring (bicyclic) bond motifs is 3. The van der Waals surface area contributed by atoms with Crippen molar-refractivity contribution in [1.82, 2.24) is 4.57 Å². The summed E-state index contributed by atoms with van der Waals surface area (Å²) < 4.78 is 2.39. The van der Waals surface area contributed by atoms with Gasteiger partial charge in [-0.2, -0.15) is 0 Å². The summed E-state index contributed by atoms with van der Waals surface area (Å²) in [4.78, 5) is 0. The highest BCUT2D eigenvalue weighted by molar-refractivity contribution is 6.07. The number of benzene rings is 2. The van der Waals surface area contributed by atoms with E-state index in [0.29, 0.717) is 0 Å². The van der Waals surface area contributed by atoms with Gasteiger partial charge in [0.25, 0.3) is 0 Å². The zero-order chi connectivity index (χ0) is 16.3. The molecule has 1 aromatic heterocycles. The maximum Gasteiger partial charge on any atom is 0.0506 e. The molecule has 0 aliphatic heterocycles. The highest BCUT2D eigenvalue weighted by Gasteiger charge is 2.21. The topological polar surface area (TPSA) is 45.4 Å². The number of unbranched alkanes of at least 4 members (excludes halogenated alkanes) is 1. The van der Waals surface area contributed by atoms with E-state index in [1.807, 2.05) is 6.92 Å². The number of aliphatic hydroxyl groups is 2. The quantitative estimate of drug-likeness (QED) is 0.649. The van der Waals surface area contributed by atoms with E-state index < -0.39 is 0 Å². The Balaban J connectivity index is 1.80. The minimum absolute atomic E-state index is 0.0406. The van der Waals surface area contributed by atoms with Crippen molar-refractivity contribution in [2.75, 3.05) is 13.2 Å². The van der Waals surface area contributed by atoms with Crippen molar-refractivity contribution in [3.8, 4) is 0 Å². The van der Waals surface area contributed by atoms with Crippen LogP contribution in [0.3, 0.4) is 0 Å². The van der Waals surface area contributed by atoms with Gasteiger partial charge in [-0.3, -0.25) is 0 Å². The predicted molar refractivity (Wildman–Crippen MR) is 95.6 cm³/mol. The fourth-order valence-electron chi connectivity index (χ4n) is 3.27. The van der Waals surface area contributed by atoms with Crippen molar-refractivity contribution in [2.24, 2.45) is 5.41 Å². The second-order valence-corrected chi connectivity index (χ2v) is 6.77. The van der Waals surface area contributed by atoms with E-state index in [1.165, 1.54) is 21.8 Å². The molecule has 0 aliphatic rings. The maximum absolute atomic E-state index is 9.39. The predicted octanol–water partition coefficient (Wildman–Crippen LogP) is 3.96. The van der Waals surface area contributed by atoms with Crippen LogP contribution >= 0.6 is 0 Å². The van der Waals surface area contributed by atoms with Gasteiger partial charge >= 0.3 is 0 Å². The van der Waals surface area contributed by atoms with Gasteiger partial charge in [-0.15, -0.1) is 0 Å². The number of nitrogens with zero attached hydrogens (tertiary/aromatic N) is 1. The van der Waals surface area contributed by atoms with Crippen molar-refractivity contribution < 1.29 is 10.2 Å². The summed E-state index contributed by atoms with van der Waals surface area (Å²) in [6.07, 6.45) is 2.88. The molecule has 3 aromatic rings. The van der Waals surface area contributed by atoms with Gasteiger partial charge in [-0.25, -0.2) is 0 Å². The molecule has 2 N–H and O–H groups in total. The molecule has 122 valence electrons. The molecule has 0 bridgehead atoms. The number of hydrogen-bond donors (Lipinski definition) is 2. The molecule has 1 heterocycles. The van der Waals surface area contributed by atoms with Crippen LogP contribution in [0, 0.1) is 5.41 Å². The average molecular weight is 311 g/mol. The summed E-state index contributed by atoms with van der Waals surface area (Å²) in [6.45, 7) is 2.98. The molecular weight excluding hydrogens is 286 g/mol. The molecule has 0 fully saturated rings. The molecule has 0 aliphatic carbocycles. The minimum atomic E-state index is -0.360. The van der Waals surface area contributed by atoms with Crippen LogP contribution in [0.1, 0.15) is 26.2 Å². The standard InChI is InChI=1S/C20H25NO2/c1-20(14-22,15-23)12-6-7-13-21-18-10-4-2-8-16(18)17-9-3-5-11-19(17)21/h2-5,8-11,22-23H,6-7,12-15H2,1H3. The maximum atomic E-state index is 9.39. The van der Waals surface area contributed by atoms with Gasteiger partial charge in [0, 0.05) is 33.8 Å². The molecule has 0 spiro atoms. The lowest BCUT2D eigenvalue weighted by molar-refractivity contribution is 0.0605. The lowest BCUT2D eigenvalue weighted by Crippen LogP contribution is -2.25. The molecule has 0 saturated carbocycles. The van der Waals surface area contributed by atoms with E-state index in [0.717, 1.165) is 25.8 Å².